The molecule has 8 nitrogen and oxygen atoms in total. The van der Waals surface area contributed by atoms with Crippen LogP contribution in [-0.2, 0) is 0 Å². The van der Waals surface area contributed by atoms with E-state index in [1.807, 2.05) is 7.05 Å². The lowest BCUT2D eigenvalue weighted by atomic mass is 10.2. The molecule has 0 aliphatic heterocycles. The molecular weight excluding hydrogens is 250 g/mol. The second kappa shape index (κ2) is 5.61. The smallest absolute Gasteiger partial charge is 0.300 e. The van der Waals surface area contributed by atoms with Crippen LogP contribution in [0.25, 0.3) is 11.0 Å². The van der Waals surface area contributed by atoms with Gasteiger partial charge in [0, 0.05) is 19.2 Å². The number of nitro groups is 1. The average molecular weight is 265 g/mol. The summed E-state index contributed by atoms with van der Waals surface area (Å²) in [6.45, 7) is 4.61. The van der Waals surface area contributed by atoms with Gasteiger partial charge in [-0.05, 0) is 30.0 Å². The van der Waals surface area contributed by atoms with Gasteiger partial charge < -0.3 is 10.2 Å². The van der Waals surface area contributed by atoms with Gasteiger partial charge in [0.25, 0.3) is 0 Å². The van der Waals surface area contributed by atoms with Gasteiger partial charge in [0.15, 0.2) is 5.52 Å². The van der Waals surface area contributed by atoms with E-state index < -0.39 is 4.92 Å². The van der Waals surface area contributed by atoms with Crippen LogP contribution in [0.5, 0.6) is 0 Å². The van der Waals surface area contributed by atoms with E-state index in [1.165, 1.54) is 6.07 Å². The van der Waals surface area contributed by atoms with Gasteiger partial charge in [0.05, 0.1) is 10.6 Å². The molecule has 0 bridgehead atoms. The van der Waals surface area contributed by atoms with Crippen LogP contribution in [0.3, 0.4) is 0 Å². The minimum absolute atomic E-state index is 0.104. The maximum atomic E-state index is 10.8. The van der Waals surface area contributed by atoms with Crippen LogP contribution in [0.15, 0.2) is 16.8 Å². The van der Waals surface area contributed by atoms with Crippen molar-refractivity contribution in [2.75, 3.05) is 32.0 Å². The molecule has 2 rings (SSSR count). The Balaban J connectivity index is 2.18. The van der Waals surface area contributed by atoms with E-state index in [9.17, 15) is 10.1 Å². The Bertz CT molecular complexity index is 583. The summed E-state index contributed by atoms with van der Waals surface area (Å²) in [4.78, 5) is 12.5. The predicted octanol–water partition coefficient (Wildman–Crippen LogP) is 1.49. The maximum absolute atomic E-state index is 10.8. The maximum Gasteiger partial charge on any atom is 0.300 e. The van der Waals surface area contributed by atoms with Gasteiger partial charge in [-0.2, -0.15) is 0 Å². The number of benzene rings is 1. The van der Waals surface area contributed by atoms with E-state index in [0.717, 1.165) is 13.1 Å². The summed E-state index contributed by atoms with van der Waals surface area (Å²) in [5.74, 6) is 0. The van der Waals surface area contributed by atoms with Gasteiger partial charge in [0.1, 0.15) is 0 Å². The molecule has 0 unspecified atom stereocenters. The Hall–Kier alpha value is -2.22. The Morgan fingerprint density at radius 3 is 2.84 bits per heavy atom. The van der Waals surface area contributed by atoms with Crippen molar-refractivity contribution in [3.05, 3.63) is 22.2 Å². The molecule has 0 atom stereocenters. The first-order chi connectivity index (χ1) is 9.13. The topological polar surface area (TPSA) is 97.3 Å². The molecule has 1 aromatic carbocycles. The molecule has 0 fully saturated rings. The van der Waals surface area contributed by atoms with Crippen LogP contribution in [-0.4, -0.2) is 46.8 Å². The van der Waals surface area contributed by atoms with Crippen LogP contribution >= 0.6 is 0 Å². The van der Waals surface area contributed by atoms with Crippen molar-refractivity contribution in [1.29, 1.82) is 0 Å². The fourth-order valence-corrected chi connectivity index (χ4v) is 1.68. The average Bonchev–Trinajstić information content (AvgIpc) is 2.87. The third kappa shape index (κ3) is 2.79. The van der Waals surface area contributed by atoms with Crippen LogP contribution in [0.4, 0.5) is 11.4 Å². The second-order valence-electron chi connectivity index (χ2n) is 4.17. The number of anilines is 1. The van der Waals surface area contributed by atoms with Gasteiger partial charge in [-0.25, -0.2) is 4.63 Å². The van der Waals surface area contributed by atoms with E-state index in [2.05, 4.69) is 32.1 Å². The van der Waals surface area contributed by atoms with Crippen LogP contribution in [0, 0.1) is 10.1 Å². The van der Waals surface area contributed by atoms with Crippen molar-refractivity contribution in [3.8, 4) is 0 Å². The van der Waals surface area contributed by atoms with Gasteiger partial charge in [-0.3, -0.25) is 10.1 Å². The molecule has 0 aliphatic rings. The normalized spacial score (nSPS) is 11.1. The van der Waals surface area contributed by atoms with E-state index in [-0.39, 0.29) is 11.2 Å². The minimum Gasteiger partial charge on any atom is -0.382 e. The van der Waals surface area contributed by atoms with Gasteiger partial charge in [-0.15, -0.1) is 0 Å². The number of hydrogen-bond acceptors (Lipinski definition) is 7. The summed E-state index contributed by atoms with van der Waals surface area (Å²) in [6, 6.07) is 3.02. The molecule has 1 aromatic heterocycles. The molecular formula is C11H15N5O3. The molecule has 1 N–H and O–H groups in total. The first kappa shape index (κ1) is 13.2. The van der Waals surface area contributed by atoms with Crippen LogP contribution in [0.1, 0.15) is 6.92 Å². The third-order valence-electron chi connectivity index (χ3n) is 2.94. The number of rotatable bonds is 6. The Morgan fingerprint density at radius 1 is 1.42 bits per heavy atom. The number of fused-ring (bicyclic) bond motifs is 1. The lowest BCUT2D eigenvalue weighted by molar-refractivity contribution is -0.383. The fraction of sp³-hybridized carbons (Fsp3) is 0.455. The van der Waals surface area contributed by atoms with Crippen LogP contribution < -0.4 is 5.32 Å². The zero-order valence-electron chi connectivity index (χ0n) is 10.8. The number of nitrogens with one attached hydrogen (secondary N) is 1. The van der Waals surface area contributed by atoms with Crippen molar-refractivity contribution in [2.24, 2.45) is 0 Å². The molecule has 0 saturated carbocycles. The van der Waals surface area contributed by atoms with Crippen molar-refractivity contribution in [3.63, 3.8) is 0 Å². The molecule has 8 heteroatoms. The lowest BCUT2D eigenvalue weighted by Crippen LogP contribution is -2.24. The van der Waals surface area contributed by atoms with E-state index in [1.54, 1.807) is 6.07 Å². The first-order valence-corrected chi connectivity index (χ1v) is 5.95. The quantitative estimate of drug-likeness (QED) is 0.624. The van der Waals surface area contributed by atoms with Crippen molar-refractivity contribution >= 4 is 22.4 Å². The Labute approximate surface area is 109 Å². The highest BCUT2D eigenvalue weighted by atomic mass is 16.6. The largest absolute Gasteiger partial charge is 0.382 e. The fourth-order valence-electron chi connectivity index (χ4n) is 1.68. The minimum atomic E-state index is -0.499. The molecule has 1 heterocycles. The molecule has 0 radical (unpaired) electrons. The number of nitrogens with zero attached hydrogens (tertiary/aromatic N) is 4. The van der Waals surface area contributed by atoms with Gasteiger partial charge in [-0.1, -0.05) is 6.92 Å². The lowest BCUT2D eigenvalue weighted by Gasteiger charge is -2.14. The molecule has 2 aromatic rings. The zero-order valence-corrected chi connectivity index (χ0v) is 10.8. The highest BCUT2D eigenvalue weighted by Crippen LogP contribution is 2.28. The summed E-state index contributed by atoms with van der Waals surface area (Å²) in [6.07, 6.45) is 0. The van der Waals surface area contributed by atoms with E-state index in [0.29, 0.717) is 17.7 Å². The predicted molar refractivity (Wildman–Crippen MR) is 70.1 cm³/mol. The summed E-state index contributed by atoms with van der Waals surface area (Å²) < 4.78 is 4.59. The number of likely N-dealkylation sites (N-methyl/N-ethyl adjacent to an activating group) is 1. The van der Waals surface area contributed by atoms with Crippen molar-refractivity contribution in [1.82, 2.24) is 15.2 Å². The third-order valence-corrected chi connectivity index (χ3v) is 2.94. The highest BCUT2D eigenvalue weighted by molar-refractivity contribution is 5.93. The number of aromatic nitrogens is 2. The van der Waals surface area contributed by atoms with Crippen LogP contribution in [0.2, 0.25) is 0 Å². The zero-order chi connectivity index (χ0) is 13.8. The molecule has 0 saturated heterocycles. The summed E-state index contributed by atoms with van der Waals surface area (Å²) in [7, 11) is 2.02. The standard InChI is InChI=1S/C11H15N5O3/c1-3-15(2)7-6-12-8-4-5-9(16(17)18)11-10(8)13-19-14-11/h4-5,12H,3,6-7H2,1-2H3. The monoisotopic (exact) mass is 265 g/mol. The summed E-state index contributed by atoms with van der Waals surface area (Å²) >= 11 is 0. The Kier molecular flexibility index (Phi) is 3.91. The van der Waals surface area contributed by atoms with E-state index >= 15 is 0 Å². The van der Waals surface area contributed by atoms with Crippen molar-refractivity contribution < 1.29 is 9.55 Å². The molecule has 0 aliphatic carbocycles. The summed E-state index contributed by atoms with van der Waals surface area (Å²) in [5, 5.41) is 21.3. The number of nitro benzene ring substituents is 1. The Morgan fingerprint density at radius 2 is 2.16 bits per heavy atom. The molecule has 0 spiro atoms. The first-order valence-electron chi connectivity index (χ1n) is 5.95. The molecule has 19 heavy (non-hydrogen) atoms. The molecule has 102 valence electrons. The van der Waals surface area contributed by atoms with Gasteiger partial charge >= 0.3 is 5.69 Å². The SMILES string of the molecule is CCN(C)CCNc1ccc([N+](=O)[O-])c2nonc12. The summed E-state index contributed by atoms with van der Waals surface area (Å²) in [5.41, 5.74) is 1.13. The second-order valence-corrected chi connectivity index (χ2v) is 4.17. The number of non-ortho nitro benzene ring substituents is 1. The van der Waals surface area contributed by atoms with Crippen molar-refractivity contribution in [2.45, 2.75) is 6.92 Å². The van der Waals surface area contributed by atoms with E-state index in [4.69, 9.17) is 0 Å². The number of hydrogen-bond donors (Lipinski definition) is 1. The highest BCUT2D eigenvalue weighted by Gasteiger charge is 2.19. The molecule has 0 amide bonds. The van der Waals surface area contributed by atoms with Gasteiger partial charge in [0.2, 0.25) is 5.52 Å².